The molecule has 0 unspecified atom stereocenters. The highest BCUT2D eigenvalue weighted by Gasteiger charge is 2.18. The fourth-order valence-corrected chi connectivity index (χ4v) is 2.30. The Hall–Kier alpha value is -0.990. The summed E-state index contributed by atoms with van der Waals surface area (Å²) in [5.41, 5.74) is 1.41. The number of aromatic nitrogens is 2. The molecule has 1 rings (SSSR count). The van der Waals surface area contributed by atoms with Gasteiger partial charge in [-0.25, -0.2) is 4.98 Å². The SMILES string of the molecule is CCCCCC(C)(C)CNc1nc(C)cn1C(C)C. The van der Waals surface area contributed by atoms with Crippen molar-refractivity contribution in [2.24, 2.45) is 5.41 Å². The molecule has 0 atom stereocenters. The Labute approximate surface area is 118 Å². The lowest BCUT2D eigenvalue weighted by molar-refractivity contribution is 0.341. The van der Waals surface area contributed by atoms with Gasteiger partial charge in [0.1, 0.15) is 0 Å². The van der Waals surface area contributed by atoms with Crippen LogP contribution in [0.4, 0.5) is 5.95 Å². The van der Waals surface area contributed by atoms with Crippen LogP contribution >= 0.6 is 0 Å². The van der Waals surface area contributed by atoms with Crippen molar-refractivity contribution in [1.29, 1.82) is 0 Å². The van der Waals surface area contributed by atoms with Gasteiger partial charge in [-0.2, -0.15) is 0 Å². The van der Waals surface area contributed by atoms with Gasteiger partial charge in [0.2, 0.25) is 5.95 Å². The number of nitrogens with zero attached hydrogens (tertiary/aromatic N) is 2. The molecular formula is C16H31N3. The minimum absolute atomic E-state index is 0.330. The van der Waals surface area contributed by atoms with Crippen molar-refractivity contribution in [1.82, 2.24) is 9.55 Å². The minimum atomic E-state index is 0.330. The zero-order valence-electron chi connectivity index (χ0n) is 13.6. The Balaban J connectivity index is 2.55. The third-order valence-corrected chi connectivity index (χ3v) is 3.59. The van der Waals surface area contributed by atoms with Crippen molar-refractivity contribution >= 4 is 5.95 Å². The van der Waals surface area contributed by atoms with Gasteiger partial charge in [0.05, 0.1) is 5.69 Å². The van der Waals surface area contributed by atoms with Crippen LogP contribution in [0.15, 0.2) is 6.20 Å². The standard InChI is InChI=1S/C16H31N3/c1-7-8-9-10-16(5,6)12-17-15-18-14(4)11-19(15)13(2)3/h11,13H,7-10,12H2,1-6H3,(H,17,18). The van der Waals surface area contributed by atoms with Gasteiger partial charge >= 0.3 is 0 Å². The topological polar surface area (TPSA) is 29.9 Å². The first kappa shape index (κ1) is 16.1. The number of anilines is 1. The summed E-state index contributed by atoms with van der Waals surface area (Å²) in [4.78, 5) is 4.58. The fourth-order valence-electron chi connectivity index (χ4n) is 2.30. The average Bonchev–Trinajstić information content (AvgIpc) is 2.68. The van der Waals surface area contributed by atoms with Crippen LogP contribution in [-0.4, -0.2) is 16.1 Å². The summed E-state index contributed by atoms with van der Waals surface area (Å²) in [6, 6.07) is 0.451. The van der Waals surface area contributed by atoms with Crippen LogP contribution in [0.25, 0.3) is 0 Å². The number of nitrogens with one attached hydrogen (secondary N) is 1. The van der Waals surface area contributed by atoms with Crippen molar-refractivity contribution in [3.63, 3.8) is 0 Å². The van der Waals surface area contributed by atoms with Gasteiger partial charge in [0.25, 0.3) is 0 Å². The molecule has 0 radical (unpaired) electrons. The van der Waals surface area contributed by atoms with E-state index in [4.69, 9.17) is 0 Å². The number of aryl methyl sites for hydroxylation is 1. The van der Waals surface area contributed by atoms with Crippen LogP contribution in [-0.2, 0) is 0 Å². The van der Waals surface area contributed by atoms with E-state index in [2.05, 4.69) is 62.6 Å². The van der Waals surface area contributed by atoms with Crippen LogP contribution in [0.5, 0.6) is 0 Å². The largest absolute Gasteiger partial charge is 0.355 e. The number of unbranched alkanes of at least 4 members (excludes halogenated alkanes) is 2. The van der Waals surface area contributed by atoms with Gasteiger partial charge in [-0.05, 0) is 32.6 Å². The van der Waals surface area contributed by atoms with Crippen molar-refractivity contribution in [3.05, 3.63) is 11.9 Å². The van der Waals surface area contributed by atoms with E-state index >= 15 is 0 Å². The van der Waals surface area contributed by atoms with Crippen LogP contribution in [0, 0.1) is 12.3 Å². The molecule has 0 saturated heterocycles. The van der Waals surface area contributed by atoms with Gasteiger partial charge in [0.15, 0.2) is 0 Å². The highest BCUT2D eigenvalue weighted by molar-refractivity contribution is 5.29. The Morgan fingerprint density at radius 3 is 2.58 bits per heavy atom. The molecule has 0 fully saturated rings. The Morgan fingerprint density at radius 1 is 1.32 bits per heavy atom. The number of imidazole rings is 1. The normalized spacial score (nSPS) is 12.2. The average molecular weight is 265 g/mol. The van der Waals surface area contributed by atoms with Crippen molar-refractivity contribution in [2.75, 3.05) is 11.9 Å². The van der Waals surface area contributed by atoms with Gasteiger partial charge < -0.3 is 9.88 Å². The molecule has 0 aliphatic carbocycles. The number of hydrogen-bond acceptors (Lipinski definition) is 2. The first-order chi connectivity index (χ1) is 8.85. The molecule has 0 aliphatic heterocycles. The number of hydrogen-bond donors (Lipinski definition) is 1. The smallest absolute Gasteiger partial charge is 0.203 e. The van der Waals surface area contributed by atoms with Crippen LogP contribution in [0.1, 0.15) is 72.0 Å². The van der Waals surface area contributed by atoms with E-state index in [1.165, 1.54) is 25.7 Å². The highest BCUT2D eigenvalue weighted by Crippen LogP contribution is 2.25. The lowest BCUT2D eigenvalue weighted by Crippen LogP contribution is -2.24. The zero-order valence-corrected chi connectivity index (χ0v) is 13.6. The van der Waals surface area contributed by atoms with Crippen LogP contribution < -0.4 is 5.32 Å². The van der Waals surface area contributed by atoms with Crippen molar-refractivity contribution in [3.8, 4) is 0 Å². The van der Waals surface area contributed by atoms with E-state index in [1.54, 1.807) is 0 Å². The maximum absolute atomic E-state index is 4.58. The Bertz CT molecular complexity index is 377. The zero-order chi connectivity index (χ0) is 14.5. The second kappa shape index (κ2) is 6.97. The molecule has 0 bridgehead atoms. The molecular weight excluding hydrogens is 234 g/mol. The molecule has 0 spiro atoms. The molecule has 1 aromatic rings. The van der Waals surface area contributed by atoms with E-state index in [9.17, 15) is 0 Å². The molecule has 3 nitrogen and oxygen atoms in total. The third-order valence-electron chi connectivity index (χ3n) is 3.59. The predicted octanol–water partition coefficient (Wildman–Crippen LogP) is 4.79. The summed E-state index contributed by atoms with van der Waals surface area (Å²) < 4.78 is 2.22. The maximum atomic E-state index is 4.58. The summed E-state index contributed by atoms with van der Waals surface area (Å²) >= 11 is 0. The minimum Gasteiger partial charge on any atom is -0.355 e. The monoisotopic (exact) mass is 265 g/mol. The molecule has 0 aromatic carbocycles. The summed E-state index contributed by atoms with van der Waals surface area (Å²) in [5, 5.41) is 3.53. The van der Waals surface area contributed by atoms with E-state index in [0.717, 1.165) is 18.2 Å². The van der Waals surface area contributed by atoms with Crippen molar-refractivity contribution < 1.29 is 0 Å². The van der Waals surface area contributed by atoms with Crippen LogP contribution in [0.3, 0.4) is 0 Å². The lowest BCUT2D eigenvalue weighted by atomic mass is 9.87. The van der Waals surface area contributed by atoms with Gasteiger partial charge in [-0.1, -0.05) is 40.0 Å². The maximum Gasteiger partial charge on any atom is 0.203 e. The molecule has 19 heavy (non-hydrogen) atoms. The first-order valence-electron chi connectivity index (χ1n) is 7.65. The third kappa shape index (κ3) is 5.25. The summed E-state index contributed by atoms with van der Waals surface area (Å²) in [6.07, 6.45) is 7.35. The highest BCUT2D eigenvalue weighted by atomic mass is 15.2. The summed E-state index contributed by atoms with van der Waals surface area (Å²) in [6.45, 7) is 14.4. The molecule has 1 N–H and O–H groups in total. The number of rotatable bonds is 8. The Kier molecular flexibility index (Phi) is 5.89. The van der Waals surface area contributed by atoms with Gasteiger partial charge in [-0.3, -0.25) is 0 Å². The molecule has 0 aliphatic rings. The molecule has 1 aromatic heterocycles. The lowest BCUT2D eigenvalue weighted by Gasteiger charge is -2.25. The quantitative estimate of drug-likeness (QED) is 0.685. The van der Waals surface area contributed by atoms with Gasteiger partial charge in [-0.15, -0.1) is 0 Å². The van der Waals surface area contributed by atoms with Crippen molar-refractivity contribution in [2.45, 2.75) is 73.3 Å². The molecule has 110 valence electrons. The van der Waals surface area contributed by atoms with E-state index in [-0.39, 0.29) is 0 Å². The molecule has 0 amide bonds. The summed E-state index contributed by atoms with van der Waals surface area (Å²) in [7, 11) is 0. The molecule has 3 heteroatoms. The van der Waals surface area contributed by atoms with E-state index in [1.807, 2.05) is 0 Å². The second-order valence-electron chi connectivity index (χ2n) is 6.68. The summed E-state index contributed by atoms with van der Waals surface area (Å²) in [5.74, 6) is 1.01. The Morgan fingerprint density at radius 2 is 2.00 bits per heavy atom. The predicted molar refractivity (Wildman–Crippen MR) is 83.8 cm³/mol. The fraction of sp³-hybridized carbons (Fsp3) is 0.812. The van der Waals surface area contributed by atoms with E-state index < -0.39 is 0 Å². The van der Waals surface area contributed by atoms with Crippen LogP contribution in [0.2, 0.25) is 0 Å². The molecule has 0 saturated carbocycles. The molecule has 1 heterocycles. The second-order valence-corrected chi connectivity index (χ2v) is 6.68. The first-order valence-corrected chi connectivity index (χ1v) is 7.65. The van der Waals surface area contributed by atoms with Gasteiger partial charge in [0, 0.05) is 18.8 Å². The van der Waals surface area contributed by atoms with E-state index in [0.29, 0.717) is 11.5 Å².